The largest absolute Gasteiger partial charge is 0.493 e. The number of rotatable bonds is 19. The van der Waals surface area contributed by atoms with Crippen LogP contribution in [0.3, 0.4) is 0 Å². The van der Waals surface area contributed by atoms with Crippen LogP contribution in [0.15, 0.2) is 18.2 Å². The number of hydrogen-bond acceptors (Lipinski definition) is 7. The van der Waals surface area contributed by atoms with E-state index in [-0.39, 0.29) is 30.7 Å². The van der Waals surface area contributed by atoms with Gasteiger partial charge in [0.05, 0.1) is 25.2 Å². The van der Waals surface area contributed by atoms with Gasteiger partial charge >= 0.3 is 0 Å². The highest BCUT2D eigenvalue weighted by Gasteiger charge is 2.32. The van der Waals surface area contributed by atoms with E-state index >= 15 is 0 Å². The van der Waals surface area contributed by atoms with Crippen molar-refractivity contribution in [1.82, 2.24) is 5.32 Å². The van der Waals surface area contributed by atoms with E-state index in [1.165, 1.54) is 0 Å². The average molecular weight is 552 g/mol. The van der Waals surface area contributed by atoms with Crippen LogP contribution in [0, 0.1) is 29.1 Å². The number of nitrogens with two attached hydrogens (primary N) is 2. The second-order valence-corrected chi connectivity index (χ2v) is 11.9. The number of ether oxygens (including phenoxy) is 3. The molecule has 6 N–H and O–H groups in total. The molecule has 1 rings (SSSR count). The van der Waals surface area contributed by atoms with Crippen LogP contribution >= 0.6 is 0 Å². The molecule has 1 aromatic carbocycles. The van der Waals surface area contributed by atoms with Gasteiger partial charge in [0.15, 0.2) is 11.5 Å². The Kier molecular flexibility index (Phi) is 14.8. The Morgan fingerprint density at radius 3 is 2.23 bits per heavy atom. The molecule has 9 heteroatoms. The molecule has 0 fully saturated rings. The summed E-state index contributed by atoms with van der Waals surface area (Å²) in [5, 5.41) is 13.9. The van der Waals surface area contributed by atoms with Crippen molar-refractivity contribution >= 4 is 11.8 Å². The number of methoxy groups -OCH3 is 2. The predicted molar refractivity (Wildman–Crippen MR) is 155 cm³/mol. The third kappa shape index (κ3) is 11.7. The Morgan fingerprint density at radius 1 is 1.03 bits per heavy atom. The van der Waals surface area contributed by atoms with Crippen LogP contribution in [-0.2, 0) is 20.7 Å². The van der Waals surface area contributed by atoms with E-state index in [1.807, 2.05) is 32.0 Å². The van der Waals surface area contributed by atoms with E-state index < -0.39 is 29.4 Å². The van der Waals surface area contributed by atoms with Crippen LogP contribution < -0.4 is 26.3 Å². The second kappa shape index (κ2) is 16.7. The summed E-state index contributed by atoms with van der Waals surface area (Å²) in [5.74, 6) is 0.792. The molecule has 0 heterocycles. The number of carbonyl (C=O) groups excluding carboxylic acids is 2. The molecule has 0 aliphatic carbocycles. The Morgan fingerprint density at radius 2 is 1.69 bits per heavy atom. The highest BCUT2D eigenvalue weighted by Crippen LogP contribution is 2.32. The van der Waals surface area contributed by atoms with Gasteiger partial charge < -0.3 is 36.1 Å². The summed E-state index contributed by atoms with van der Waals surface area (Å²) in [4.78, 5) is 24.5. The third-order valence-electron chi connectivity index (χ3n) is 7.50. The first kappa shape index (κ1) is 34.7. The molecule has 3 unspecified atom stereocenters. The van der Waals surface area contributed by atoms with Gasteiger partial charge in [-0.3, -0.25) is 9.59 Å². The molecule has 0 aliphatic rings. The normalized spacial score (nSPS) is 15.1. The number of aliphatic hydroxyl groups is 1. The van der Waals surface area contributed by atoms with Crippen LogP contribution in [0.4, 0.5) is 0 Å². The number of hydrogen-bond donors (Lipinski definition) is 4. The topological polar surface area (TPSA) is 146 Å². The predicted octanol–water partition coefficient (Wildman–Crippen LogP) is 3.29. The zero-order valence-corrected chi connectivity index (χ0v) is 25.3. The van der Waals surface area contributed by atoms with Gasteiger partial charge in [-0.2, -0.15) is 0 Å². The van der Waals surface area contributed by atoms with Crippen LogP contribution in [0.5, 0.6) is 11.5 Å². The van der Waals surface area contributed by atoms with Crippen molar-refractivity contribution in [3.8, 4) is 11.5 Å². The fraction of sp³-hybridized carbons (Fsp3) is 0.733. The molecular formula is C30H53N3O6. The van der Waals surface area contributed by atoms with Gasteiger partial charge in [0, 0.05) is 38.6 Å². The highest BCUT2D eigenvalue weighted by molar-refractivity contribution is 5.83. The molecule has 39 heavy (non-hydrogen) atoms. The quantitative estimate of drug-likeness (QED) is 0.193. The van der Waals surface area contributed by atoms with Crippen molar-refractivity contribution in [2.45, 2.75) is 79.4 Å². The highest BCUT2D eigenvalue weighted by atomic mass is 16.5. The smallest absolute Gasteiger partial charge is 0.224 e. The SMILES string of the molecule is COCCCOc1cc(CC(CC(N)[C@@H](O)CC(C(=O)NCC(C)(C)C(N)=O)C(C)C)C(C)C)ccc1OC. The zero-order chi connectivity index (χ0) is 29.8. The lowest BCUT2D eigenvalue weighted by atomic mass is 9.80. The van der Waals surface area contributed by atoms with Crippen molar-refractivity contribution in [2.75, 3.05) is 34.0 Å². The van der Waals surface area contributed by atoms with E-state index in [2.05, 4.69) is 19.2 Å². The van der Waals surface area contributed by atoms with Crippen LogP contribution in [-0.4, -0.2) is 63.0 Å². The van der Waals surface area contributed by atoms with Crippen molar-refractivity contribution in [3.05, 3.63) is 23.8 Å². The van der Waals surface area contributed by atoms with Crippen LogP contribution in [0.2, 0.25) is 0 Å². The summed E-state index contributed by atoms with van der Waals surface area (Å²) < 4.78 is 16.5. The van der Waals surface area contributed by atoms with Gasteiger partial charge in [0.25, 0.3) is 0 Å². The molecular weight excluding hydrogens is 498 g/mol. The van der Waals surface area contributed by atoms with Gasteiger partial charge in [0.1, 0.15) is 0 Å². The maximum atomic E-state index is 12.9. The van der Waals surface area contributed by atoms with E-state index in [9.17, 15) is 14.7 Å². The lowest BCUT2D eigenvalue weighted by molar-refractivity contribution is -0.130. The van der Waals surface area contributed by atoms with Crippen molar-refractivity contribution < 1.29 is 28.9 Å². The fourth-order valence-electron chi connectivity index (χ4n) is 4.39. The number of nitrogens with one attached hydrogen (secondary N) is 1. The third-order valence-corrected chi connectivity index (χ3v) is 7.50. The van der Waals surface area contributed by atoms with Crippen molar-refractivity contribution in [3.63, 3.8) is 0 Å². The minimum Gasteiger partial charge on any atom is -0.493 e. The number of amides is 2. The molecule has 224 valence electrons. The number of primary amides is 1. The summed E-state index contributed by atoms with van der Waals surface area (Å²) in [6.45, 7) is 12.9. The molecule has 0 aliphatic heterocycles. The van der Waals surface area contributed by atoms with Gasteiger partial charge in [-0.15, -0.1) is 0 Å². The van der Waals surface area contributed by atoms with Crippen LogP contribution in [0.25, 0.3) is 0 Å². The number of benzene rings is 1. The minimum atomic E-state index is -0.854. The standard InChI is InChI=1S/C30H53N3O6/c1-19(2)22(14-21-10-11-26(38-8)27(15-21)39-13-9-12-37-7)16-24(31)25(34)17-23(20(3)4)28(35)33-18-30(5,6)29(32)36/h10-11,15,19-20,22-25,34H,9,12-14,16-18,31H2,1-8H3,(H2,32,36)(H,33,35)/t22?,23?,24?,25-/m0/s1. The summed E-state index contributed by atoms with van der Waals surface area (Å²) in [6, 6.07) is 5.47. The summed E-state index contributed by atoms with van der Waals surface area (Å²) in [5.41, 5.74) is 12.2. The molecule has 0 saturated carbocycles. The molecule has 2 amide bonds. The number of aliphatic hydroxyl groups excluding tert-OH is 1. The first-order chi connectivity index (χ1) is 18.2. The second-order valence-electron chi connectivity index (χ2n) is 11.9. The lowest BCUT2D eigenvalue weighted by Crippen LogP contribution is -2.46. The zero-order valence-electron chi connectivity index (χ0n) is 25.3. The van der Waals surface area contributed by atoms with Crippen molar-refractivity contribution in [2.24, 2.45) is 40.6 Å². The van der Waals surface area contributed by atoms with Crippen LogP contribution in [0.1, 0.15) is 66.4 Å². The first-order valence-corrected chi connectivity index (χ1v) is 14.0. The molecule has 0 bridgehead atoms. The van der Waals surface area contributed by atoms with E-state index in [4.69, 9.17) is 25.7 Å². The van der Waals surface area contributed by atoms with Gasteiger partial charge in [-0.1, -0.05) is 33.8 Å². The monoisotopic (exact) mass is 551 g/mol. The first-order valence-electron chi connectivity index (χ1n) is 14.0. The fourth-order valence-corrected chi connectivity index (χ4v) is 4.39. The maximum Gasteiger partial charge on any atom is 0.224 e. The van der Waals surface area contributed by atoms with E-state index in [1.54, 1.807) is 28.1 Å². The van der Waals surface area contributed by atoms with E-state index in [0.29, 0.717) is 37.1 Å². The summed E-state index contributed by atoms with van der Waals surface area (Å²) >= 11 is 0. The number of carbonyl (C=O) groups is 2. The Bertz CT molecular complexity index is 889. The van der Waals surface area contributed by atoms with Crippen molar-refractivity contribution in [1.29, 1.82) is 0 Å². The molecule has 9 nitrogen and oxygen atoms in total. The maximum absolute atomic E-state index is 12.9. The Balaban J connectivity index is 2.87. The molecule has 4 atom stereocenters. The minimum absolute atomic E-state index is 0.00829. The van der Waals surface area contributed by atoms with Gasteiger partial charge in [0.2, 0.25) is 11.8 Å². The van der Waals surface area contributed by atoms with Gasteiger partial charge in [-0.05, 0) is 68.6 Å². The Labute approximate surface area is 235 Å². The average Bonchev–Trinajstić information content (AvgIpc) is 2.87. The molecule has 0 spiro atoms. The molecule has 0 saturated heterocycles. The molecule has 1 aromatic rings. The Hall–Kier alpha value is -2.36. The molecule has 0 radical (unpaired) electrons. The lowest BCUT2D eigenvalue weighted by Gasteiger charge is -2.30. The summed E-state index contributed by atoms with van der Waals surface area (Å²) in [6.07, 6.45) is 1.56. The molecule has 0 aromatic heterocycles. The van der Waals surface area contributed by atoms with E-state index in [0.717, 1.165) is 18.4 Å². The van der Waals surface area contributed by atoms with Gasteiger partial charge in [-0.25, -0.2) is 0 Å². The summed E-state index contributed by atoms with van der Waals surface area (Å²) in [7, 11) is 3.29.